The molecule has 1 aromatic carbocycles. The van der Waals surface area contributed by atoms with Crippen LogP contribution in [0.5, 0.6) is 0 Å². The van der Waals surface area contributed by atoms with Gasteiger partial charge in [0.15, 0.2) is 0 Å². The largest absolute Gasteiger partial charge is 0.477 e. The minimum Gasteiger partial charge on any atom is -0.477 e. The summed E-state index contributed by atoms with van der Waals surface area (Å²) in [6, 6.07) is 1.34. The molecule has 0 amide bonds. The number of anilines is 1. The SMILES string of the molecule is N[C@H]1CC2CC=Cc3c(c(F)cc4c(=O)c(C(=O)O)c5n(c34)CCS5)N2C1. The second kappa shape index (κ2) is 5.84. The van der Waals surface area contributed by atoms with Gasteiger partial charge in [-0.1, -0.05) is 12.2 Å². The van der Waals surface area contributed by atoms with Gasteiger partial charge < -0.3 is 20.3 Å². The van der Waals surface area contributed by atoms with Crippen LogP contribution in [0.25, 0.3) is 17.0 Å². The van der Waals surface area contributed by atoms with Crippen molar-refractivity contribution in [3.05, 3.63) is 39.3 Å². The molecule has 0 spiro atoms. The molecule has 0 radical (unpaired) electrons. The van der Waals surface area contributed by atoms with Crippen molar-refractivity contribution in [2.45, 2.75) is 36.5 Å². The fourth-order valence-electron chi connectivity index (χ4n) is 4.61. The van der Waals surface area contributed by atoms with Crippen LogP contribution in [0.2, 0.25) is 0 Å². The van der Waals surface area contributed by atoms with Gasteiger partial charge in [0.25, 0.3) is 0 Å². The maximum Gasteiger partial charge on any atom is 0.342 e. The number of pyridine rings is 1. The maximum absolute atomic E-state index is 15.2. The quantitative estimate of drug-likeness (QED) is 0.780. The molecule has 5 rings (SSSR count). The number of aromatic nitrogens is 1. The maximum atomic E-state index is 15.2. The highest BCUT2D eigenvalue weighted by molar-refractivity contribution is 7.99. The molecule has 0 saturated carbocycles. The van der Waals surface area contributed by atoms with Crippen LogP contribution in [0.3, 0.4) is 0 Å². The molecule has 4 heterocycles. The van der Waals surface area contributed by atoms with E-state index in [1.54, 1.807) is 0 Å². The van der Waals surface area contributed by atoms with E-state index in [1.165, 1.54) is 17.8 Å². The number of carboxylic acids is 1. The molecular weight excluding hydrogens is 369 g/mol. The topological polar surface area (TPSA) is 88.6 Å². The molecule has 6 nitrogen and oxygen atoms in total. The Morgan fingerprint density at radius 2 is 2.22 bits per heavy atom. The fraction of sp³-hybridized carbons (Fsp3) is 0.368. The van der Waals surface area contributed by atoms with Crippen LogP contribution < -0.4 is 16.1 Å². The minimum atomic E-state index is -1.27. The van der Waals surface area contributed by atoms with Gasteiger partial charge in [0, 0.05) is 36.5 Å². The Labute approximate surface area is 158 Å². The first-order valence-corrected chi connectivity index (χ1v) is 9.93. The van der Waals surface area contributed by atoms with Crippen LogP contribution >= 0.6 is 11.8 Å². The predicted octanol–water partition coefficient (Wildman–Crippen LogP) is 2.27. The van der Waals surface area contributed by atoms with Crippen molar-refractivity contribution in [1.29, 1.82) is 0 Å². The molecule has 1 aromatic heterocycles. The second-order valence-corrected chi connectivity index (χ2v) is 8.36. The number of rotatable bonds is 1. The van der Waals surface area contributed by atoms with E-state index in [4.69, 9.17) is 5.73 Å². The van der Waals surface area contributed by atoms with E-state index in [0.29, 0.717) is 40.6 Å². The highest BCUT2D eigenvalue weighted by Gasteiger charge is 2.36. The van der Waals surface area contributed by atoms with Gasteiger partial charge in [-0.15, -0.1) is 11.8 Å². The molecule has 0 bridgehead atoms. The van der Waals surface area contributed by atoms with Gasteiger partial charge >= 0.3 is 5.97 Å². The molecule has 8 heteroatoms. The summed E-state index contributed by atoms with van der Waals surface area (Å²) in [5.41, 5.74) is 6.99. The Morgan fingerprint density at radius 1 is 1.41 bits per heavy atom. The minimum absolute atomic E-state index is 0.0113. The van der Waals surface area contributed by atoms with Gasteiger partial charge in [0.1, 0.15) is 11.4 Å². The third-order valence-corrected chi connectivity index (χ3v) is 6.74. The normalized spacial score (nSPS) is 23.3. The number of thioether (sulfide) groups is 1. The van der Waals surface area contributed by atoms with Gasteiger partial charge in [0.05, 0.1) is 21.6 Å². The van der Waals surface area contributed by atoms with Crippen molar-refractivity contribution in [3.63, 3.8) is 0 Å². The first kappa shape index (κ1) is 16.8. The highest BCUT2D eigenvalue weighted by Crippen LogP contribution is 2.41. The van der Waals surface area contributed by atoms with Gasteiger partial charge in [0.2, 0.25) is 5.43 Å². The summed E-state index contributed by atoms with van der Waals surface area (Å²) in [6.45, 7) is 1.16. The molecule has 1 unspecified atom stereocenters. The number of nitrogens with two attached hydrogens (primary N) is 1. The van der Waals surface area contributed by atoms with Crippen LogP contribution in [0.4, 0.5) is 10.1 Å². The Kier molecular flexibility index (Phi) is 3.64. The number of nitrogens with zero attached hydrogens (tertiary/aromatic N) is 2. The molecular formula is C19H18FN3O3S. The zero-order chi connectivity index (χ0) is 18.9. The number of hydrogen-bond acceptors (Lipinski definition) is 5. The molecule has 27 heavy (non-hydrogen) atoms. The Bertz CT molecular complexity index is 1090. The van der Waals surface area contributed by atoms with E-state index in [9.17, 15) is 14.7 Å². The Hall–Kier alpha value is -2.32. The number of carboxylic acid groups (broad SMARTS) is 1. The van der Waals surface area contributed by atoms with Crippen molar-refractivity contribution in [3.8, 4) is 0 Å². The van der Waals surface area contributed by atoms with Crippen molar-refractivity contribution in [2.24, 2.45) is 5.73 Å². The summed E-state index contributed by atoms with van der Waals surface area (Å²) < 4.78 is 17.1. The van der Waals surface area contributed by atoms with E-state index in [0.717, 1.165) is 12.8 Å². The first-order valence-electron chi connectivity index (χ1n) is 8.95. The molecule has 140 valence electrons. The van der Waals surface area contributed by atoms with Crippen LogP contribution in [-0.2, 0) is 6.54 Å². The lowest BCUT2D eigenvalue weighted by molar-refractivity contribution is 0.0690. The summed E-state index contributed by atoms with van der Waals surface area (Å²) in [5, 5.41) is 10.1. The van der Waals surface area contributed by atoms with E-state index in [-0.39, 0.29) is 23.0 Å². The summed E-state index contributed by atoms with van der Waals surface area (Å²) >= 11 is 1.36. The third-order valence-electron chi connectivity index (χ3n) is 5.66. The van der Waals surface area contributed by atoms with Crippen LogP contribution in [0, 0.1) is 5.82 Å². The monoisotopic (exact) mass is 387 g/mol. The number of halogens is 1. The Balaban J connectivity index is 1.91. The number of hydrogen-bond donors (Lipinski definition) is 2. The molecule has 2 atom stereocenters. The molecule has 2 aromatic rings. The standard InChI is InChI=1S/C19H18FN3O3S/c20-13-7-12-15(22-4-5-27-18(22)14(17(12)24)19(25)26)11-3-1-2-10-6-9(21)8-23(10)16(11)13/h1,3,7,9-10H,2,4-6,8,21H2,(H,25,26)/t9-,10?/m0/s1. The summed E-state index contributed by atoms with van der Waals surface area (Å²) in [7, 11) is 0. The number of benzene rings is 1. The predicted molar refractivity (Wildman–Crippen MR) is 103 cm³/mol. The second-order valence-electron chi connectivity index (χ2n) is 7.27. The van der Waals surface area contributed by atoms with Crippen molar-refractivity contribution < 1.29 is 14.3 Å². The lowest BCUT2D eigenvalue weighted by atomic mass is 10.0. The fourth-order valence-corrected chi connectivity index (χ4v) is 5.74. The number of fused-ring (bicyclic) bond motifs is 7. The van der Waals surface area contributed by atoms with E-state index >= 15 is 4.39 Å². The highest BCUT2D eigenvalue weighted by atomic mass is 32.2. The number of aromatic carboxylic acids is 1. The number of carbonyl (C=O) groups is 1. The van der Waals surface area contributed by atoms with Gasteiger partial charge in [-0.25, -0.2) is 9.18 Å². The number of aryl methyl sites for hydroxylation is 1. The van der Waals surface area contributed by atoms with Gasteiger partial charge in [-0.3, -0.25) is 4.79 Å². The van der Waals surface area contributed by atoms with Crippen LogP contribution in [-0.4, -0.2) is 40.0 Å². The zero-order valence-corrected chi connectivity index (χ0v) is 15.3. The summed E-state index contributed by atoms with van der Waals surface area (Å²) in [4.78, 5) is 26.6. The van der Waals surface area contributed by atoms with E-state index in [1.807, 2.05) is 21.6 Å². The van der Waals surface area contributed by atoms with E-state index < -0.39 is 17.2 Å². The van der Waals surface area contributed by atoms with Gasteiger partial charge in [-0.05, 0) is 18.9 Å². The lowest BCUT2D eigenvalue weighted by Gasteiger charge is -2.27. The molecule has 1 saturated heterocycles. The summed E-state index contributed by atoms with van der Waals surface area (Å²) in [6.07, 6.45) is 5.45. The third kappa shape index (κ3) is 2.29. The van der Waals surface area contributed by atoms with Crippen LogP contribution in [0.15, 0.2) is 22.0 Å². The molecule has 3 aliphatic rings. The molecule has 3 aliphatic heterocycles. The Morgan fingerprint density at radius 3 is 3.00 bits per heavy atom. The smallest absolute Gasteiger partial charge is 0.342 e. The van der Waals surface area contributed by atoms with Crippen molar-refractivity contribution >= 4 is 40.4 Å². The van der Waals surface area contributed by atoms with E-state index in [2.05, 4.69) is 0 Å². The molecule has 1 fully saturated rings. The molecule has 0 aliphatic carbocycles. The van der Waals surface area contributed by atoms with Gasteiger partial charge in [-0.2, -0.15) is 0 Å². The van der Waals surface area contributed by atoms with Crippen LogP contribution in [0.1, 0.15) is 28.8 Å². The first-order chi connectivity index (χ1) is 13.0. The van der Waals surface area contributed by atoms with Crippen molar-refractivity contribution in [2.75, 3.05) is 17.2 Å². The average Bonchev–Trinajstić information content (AvgIpc) is 3.17. The molecule has 3 N–H and O–H groups in total. The zero-order valence-electron chi connectivity index (χ0n) is 14.4. The van der Waals surface area contributed by atoms with Crippen molar-refractivity contribution in [1.82, 2.24) is 4.57 Å². The lowest BCUT2D eigenvalue weighted by Crippen LogP contribution is -2.31. The summed E-state index contributed by atoms with van der Waals surface area (Å²) in [5.74, 6) is -1.08. The average molecular weight is 387 g/mol.